The third-order valence-electron chi connectivity index (χ3n) is 5.63. The number of esters is 1. The van der Waals surface area contributed by atoms with E-state index >= 15 is 4.39 Å². The summed E-state index contributed by atoms with van der Waals surface area (Å²) in [5.74, 6) is -0.568. The molecule has 204 valence electrons. The van der Waals surface area contributed by atoms with Crippen LogP contribution < -0.4 is 20.9 Å². The van der Waals surface area contributed by atoms with Crippen LogP contribution in [0, 0.1) is 0 Å². The monoisotopic (exact) mass is 543 g/mol. The zero-order valence-corrected chi connectivity index (χ0v) is 21.9. The summed E-state index contributed by atoms with van der Waals surface area (Å²) in [5, 5.41) is 13.3. The fraction of sp³-hybridized carbons (Fsp3) is 0.522. The van der Waals surface area contributed by atoms with E-state index in [2.05, 4.69) is 5.09 Å². The summed E-state index contributed by atoms with van der Waals surface area (Å²) in [7, 11) is -4.35. The van der Waals surface area contributed by atoms with Crippen LogP contribution in [0.15, 0.2) is 52.2 Å². The van der Waals surface area contributed by atoms with Crippen molar-refractivity contribution < 1.29 is 37.4 Å². The maximum absolute atomic E-state index is 15.7. The number of benzene rings is 1. The number of alkyl halides is 1. The molecule has 1 aliphatic rings. The van der Waals surface area contributed by atoms with Crippen LogP contribution in [0.5, 0.6) is 5.75 Å². The molecule has 1 saturated heterocycles. The number of aliphatic hydroxyl groups excluding tert-OH is 1. The Morgan fingerprint density at radius 1 is 1.24 bits per heavy atom. The van der Waals surface area contributed by atoms with Crippen molar-refractivity contribution in [2.45, 2.75) is 70.4 Å². The molecule has 1 aromatic heterocycles. The lowest BCUT2D eigenvalue weighted by Gasteiger charge is -2.31. The number of ether oxygens (including phenoxy) is 2. The molecule has 37 heavy (non-hydrogen) atoms. The second kappa shape index (κ2) is 10.9. The average molecular weight is 543 g/mol. The van der Waals surface area contributed by atoms with E-state index in [0.29, 0.717) is 0 Å². The lowest BCUT2D eigenvalue weighted by atomic mass is 9.90. The highest BCUT2D eigenvalue weighted by molar-refractivity contribution is 7.52. The van der Waals surface area contributed by atoms with Gasteiger partial charge in [-0.3, -0.25) is 23.7 Å². The van der Waals surface area contributed by atoms with E-state index in [1.54, 1.807) is 32.0 Å². The molecule has 0 saturated carbocycles. The molecule has 0 amide bonds. The molecular formula is C23H31FN3O9P. The van der Waals surface area contributed by atoms with Crippen molar-refractivity contribution in [3.63, 3.8) is 0 Å². The molecule has 6 atom stereocenters. The van der Waals surface area contributed by atoms with Gasteiger partial charge < -0.3 is 19.1 Å². The van der Waals surface area contributed by atoms with E-state index in [4.69, 9.17) is 18.5 Å². The summed E-state index contributed by atoms with van der Waals surface area (Å²) in [5.41, 5.74) is -5.99. The van der Waals surface area contributed by atoms with Crippen LogP contribution in [0.1, 0.15) is 40.8 Å². The van der Waals surface area contributed by atoms with Crippen LogP contribution in [-0.2, 0) is 23.4 Å². The van der Waals surface area contributed by atoms with Crippen LogP contribution in [0.3, 0.4) is 0 Å². The van der Waals surface area contributed by atoms with Crippen molar-refractivity contribution in [3.8, 4) is 5.75 Å². The van der Waals surface area contributed by atoms with Gasteiger partial charge in [0.2, 0.25) is 0 Å². The number of carbonyl (C=O) groups is 1. The van der Waals surface area contributed by atoms with Gasteiger partial charge in [0.1, 0.15) is 23.5 Å². The fourth-order valence-corrected chi connectivity index (χ4v) is 5.35. The van der Waals surface area contributed by atoms with Crippen LogP contribution in [0.25, 0.3) is 0 Å². The Hall–Kier alpha value is -2.83. The number of aromatic amines is 1. The number of hydrogen-bond acceptors (Lipinski definition) is 9. The molecule has 14 heteroatoms. The van der Waals surface area contributed by atoms with Gasteiger partial charge >= 0.3 is 19.4 Å². The number of nitrogens with one attached hydrogen (secondary N) is 2. The first-order valence-electron chi connectivity index (χ1n) is 11.5. The first kappa shape index (κ1) is 28.7. The minimum atomic E-state index is -4.35. The van der Waals surface area contributed by atoms with Gasteiger partial charge in [0.25, 0.3) is 5.56 Å². The normalized spacial score (nSPS) is 28.0. The lowest BCUT2D eigenvalue weighted by molar-refractivity contribution is -0.149. The van der Waals surface area contributed by atoms with E-state index < -0.39 is 67.3 Å². The van der Waals surface area contributed by atoms with Crippen molar-refractivity contribution in [3.05, 3.63) is 63.4 Å². The molecule has 2 heterocycles. The van der Waals surface area contributed by atoms with E-state index in [1.807, 2.05) is 4.98 Å². The molecule has 0 radical (unpaired) electrons. The second-order valence-electron chi connectivity index (χ2n) is 9.37. The first-order chi connectivity index (χ1) is 17.2. The van der Waals surface area contributed by atoms with Gasteiger partial charge in [-0.15, -0.1) is 0 Å². The number of hydrogen-bond donors (Lipinski definition) is 3. The molecule has 12 nitrogen and oxygen atoms in total. The lowest BCUT2D eigenvalue weighted by Crippen LogP contribution is -2.48. The number of aliphatic hydroxyl groups is 1. The summed E-state index contributed by atoms with van der Waals surface area (Å²) in [6, 6.07) is 7.86. The van der Waals surface area contributed by atoms with Gasteiger partial charge in [0.05, 0.1) is 12.7 Å². The number of rotatable bonds is 10. The Bertz CT molecular complexity index is 1270. The zero-order valence-electron chi connectivity index (χ0n) is 21.0. The molecule has 3 rings (SSSR count). The van der Waals surface area contributed by atoms with Crippen LogP contribution in [0.4, 0.5) is 4.39 Å². The molecule has 2 unspecified atom stereocenters. The van der Waals surface area contributed by atoms with Gasteiger partial charge in [-0.1, -0.05) is 18.2 Å². The van der Waals surface area contributed by atoms with E-state index in [0.717, 1.165) is 23.8 Å². The number of nitrogens with zero attached hydrogens (tertiary/aromatic N) is 1. The van der Waals surface area contributed by atoms with Gasteiger partial charge in [0, 0.05) is 12.3 Å². The van der Waals surface area contributed by atoms with Crippen LogP contribution in [0.2, 0.25) is 0 Å². The van der Waals surface area contributed by atoms with Gasteiger partial charge in [-0.25, -0.2) is 13.8 Å². The van der Waals surface area contributed by atoms with Crippen molar-refractivity contribution in [1.29, 1.82) is 0 Å². The number of H-pyrrole nitrogens is 1. The quantitative estimate of drug-likeness (QED) is 0.299. The predicted octanol–water partition coefficient (Wildman–Crippen LogP) is 2.05. The Labute approximate surface area is 212 Å². The van der Waals surface area contributed by atoms with Crippen LogP contribution >= 0.6 is 7.75 Å². The molecular weight excluding hydrogens is 512 g/mol. The number of aromatic nitrogens is 2. The third kappa shape index (κ3) is 6.55. The zero-order chi connectivity index (χ0) is 27.6. The fourth-order valence-electron chi connectivity index (χ4n) is 3.77. The van der Waals surface area contributed by atoms with Crippen LogP contribution in [-0.4, -0.2) is 56.8 Å². The third-order valence-corrected chi connectivity index (χ3v) is 7.25. The van der Waals surface area contributed by atoms with Gasteiger partial charge in [-0.2, -0.15) is 5.09 Å². The maximum atomic E-state index is 15.7. The van der Waals surface area contributed by atoms with Gasteiger partial charge in [-0.05, 0) is 46.8 Å². The molecule has 1 aliphatic heterocycles. The molecule has 0 spiro atoms. The minimum Gasteiger partial charge on any atom is -0.462 e. The number of halogens is 1. The van der Waals surface area contributed by atoms with Crippen molar-refractivity contribution >= 4 is 13.7 Å². The smallest absolute Gasteiger partial charge is 0.459 e. The molecule has 0 bridgehead atoms. The molecule has 3 N–H and O–H groups in total. The summed E-state index contributed by atoms with van der Waals surface area (Å²) in [6.45, 7) is 6.35. The molecule has 2 aromatic rings. The standard InChI is InChI=1S/C23H31FN3O9P/c1-14(2)34-18(29)15(3)26-37(32,36-16-9-7-6-8-10-16)33-13-22(4)19(30)23(5,24)20(35-22)27-12-11-17(28)25-21(27)31/h6-12,14-15,19-20,30H,13H2,1-5H3,(H,26,32)(H,25,28,31)/t15-,19+,20+,22?,23+,37?/m0/s1. The molecule has 0 aliphatic carbocycles. The van der Waals surface area contributed by atoms with Crippen molar-refractivity contribution in [2.75, 3.05) is 6.61 Å². The summed E-state index contributed by atoms with van der Waals surface area (Å²) < 4.78 is 52.1. The summed E-state index contributed by atoms with van der Waals surface area (Å²) >= 11 is 0. The maximum Gasteiger partial charge on any atom is 0.459 e. The Balaban J connectivity index is 1.86. The first-order valence-corrected chi connectivity index (χ1v) is 13.0. The highest BCUT2D eigenvalue weighted by atomic mass is 31.2. The number of para-hydroxylation sites is 1. The van der Waals surface area contributed by atoms with Gasteiger partial charge in [0.15, 0.2) is 11.9 Å². The minimum absolute atomic E-state index is 0.147. The SMILES string of the molecule is CC(C)OC(=O)[C@H](C)NP(=O)(OCC1(C)O[C@@H](n2ccc(=O)[nH]c2=O)[C@](C)(F)[C@@H]1O)Oc1ccccc1. The molecule has 1 fully saturated rings. The summed E-state index contributed by atoms with van der Waals surface area (Å²) in [4.78, 5) is 38.0. The Morgan fingerprint density at radius 3 is 2.49 bits per heavy atom. The average Bonchev–Trinajstić information content (AvgIpc) is 2.98. The summed E-state index contributed by atoms with van der Waals surface area (Å²) in [6.07, 6.45) is -2.90. The Morgan fingerprint density at radius 2 is 1.89 bits per heavy atom. The van der Waals surface area contributed by atoms with E-state index in [-0.39, 0.29) is 5.75 Å². The topological polar surface area (TPSA) is 158 Å². The second-order valence-corrected chi connectivity index (χ2v) is 11.1. The van der Waals surface area contributed by atoms with Crippen molar-refractivity contribution in [1.82, 2.24) is 14.6 Å². The highest BCUT2D eigenvalue weighted by Gasteiger charge is 2.62. The predicted molar refractivity (Wildman–Crippen MR) is 130 cm³/mol. The highest BCUT2D eigenvalue weighted by Crippen LogP contribution is 2.50. The number of carbonyl (C=O) groups excluding carboxylic acids is 1. The van der Waals surface area contributed by atoms with Crippen molar-refractivity contribution in [2.24, 2.45) is 0 Å². The molecule has 1 aromatic carbocycles. The van der Waals surface area contributed by atoms with E-state index in [1.165, 1.54) is 26.0 Å². The van der Waals surface area contributed by atoms with E-state index in [9.17, 15) is 24.1 Å². The Kier molecular flexibility index (Phi) is 8.45. The largest absolute Gasteiger partial charge is 0.462 e.